The number of halogens is 1. The van der Waals surface area contributed by atoms with E-state index >= 15 is 0 Å². The summed E-state index contributed by atoms with van der Waals surface area (Å²) in [6.07, 6.45) is 2.48. The van der Waals surface area contributed by atoms with Gasteiger partial charge in [-0.25, -0.2) is 0 Å². The molecule has 23 heavy (non-hydrogen) atoms. The number of nitrogens with zero attached hydrogens (tertiary/aromatic N) is 1. The van der Waals surface area contributed by atoms with Gasteiger partial charge in [-0.15, -0.1) is 0 Å². The van der Waals surface area contributed by atoms with E-state index < -0.39 is 6.04 Å². The summed E-state index contributed by atoms with van der Waals surface area (Å²) in [5.74, 6) is -0.474. The minimum Gasteiger partial charge on any atom is -0.354 e. The fourth-order valence-corrected chi connectivity index (χ4v) is 2.74. The molecule has 2 heterocycles. The molecule has 1 aromatic carbocycles. The Balaban J connectivity index is 1.72. The highest BCUT2D eigenvalue weighted by Gasteiger charge is 2.23. The number of hydrogen-bond donors (Lipinski definition) is 3. The van der Waals surface area contributed by atoms with Gasteiger partial charge < -0.3 is 10.6 Å². The molecule has 3 rings (SSSR count). The minimum atomic E-state index is -0.497. The molecule has 1 saturated heterocycles. The molecule has 1 fully saturated rings. The molecule has 0 spiro atoms. The van der Waals surface area contributed by atoms with E-state index in [1.807, 2.05) is 12.1 Å². The van der Waals surface area contributed by atoms with Crippen LogP contribution in [0.25, 0.3) is 11.3 Å². The fourth-order valence-electron chi connectivity index (χ4n) is 2.55. The molecule has 6 nitrogen and oxygen atoms in total. The van der Waals surface area contributed by atoms with E-state index in [9.17, 15) is 9.59 Å². The highest BCUT2D eigenvalue weighted by atomic mass is 35.5. The molecule has 2 aromatic rings. The van der Waals surface area contributed by atoms with E-state index in [0.29, 0.717) is 29.4 Å². The molecule has 1 aliphatic heterocycles. The second kappa shape index (κ2) is 6.83. The summed E-state index contributed by atoms with van der Waals surface area (Å²) in [5.41, 5.74) is 1.76. The van der Waals surface area contributed by atoms with Gasteiger partial charge in [0.15, 0.2) is 0 Å². The first-order chi connectivity index (χ1) is 11.1. The van der Waals surface area contributed by atoms with Crippen molar-refractivity contribution in [3.8, 4) is 11.3 Å². The Labute approximate surface area is 138 Å². The molecule has 1 aliphatic rings. The van der Waals surface area contributed by atoms with Crippen LogP contribution in [0, 0.1) is 0 Å². The van der Waals surface area contributed by atoms with Gasteiger partial charge >= 0.3 is 0 Å². The van der Waals surface area contributed by atoms with Crippen LogP contribution in [0.15, 0.2) is 30.3 Å². The first-order valence-corrected chi connectivity index (χ1v) is 7.91. The summed E-state index contributed by atoms with van der Waals surface area (Å²) >= 11 is 5.96. The van der Waals surface area contributed by atoms with Crippen LogP contribution in [0.2, 0.25) is 5.02 Å². The van der Waals surface area contributed by atoms with Crippen LogP contribution in [0.1, 0.15) is 29.8 Å². The van der Waals surface area contributed by atoms with Crippen molar-refractivity contribution in [2.45, 2.75) is 25.3 Å². The molecule has 2 amide bonds. The van der Waals surface area contributed by atoms with Gasteiger partial charge in [0.25, 0.3) is 5.91 Å². The van der Waals surface area contributed by atoms with Crippen molar-refractivity contribution in [3.05, 3.63) is 41.0 Å². The molecule has 1 unspecified atom stereocenters. The maximum Gasteiger partial charge on any atom is 0.269 e. The van der Waals surface area contributed by atoms with E-state index in [0.717, 1.165) is 18.4 Å². The largest absolute Gasteiger partial charge is 0.354 e. The van der Waals surface area contributed by atoms with Crippen LogP contribution in [-0.2, 0) is 4.79 Å². The number of carbonyl (C=O) groups is 2. The third kappa shape index (κ3) is 3.71. The maximum absolute atomic E-state index is 12.3. The number of rotatable bonds is 3. The van der Waals surface area contributed by atoms with Gasteiger partial charge in [-0.2, -0.15) is 5.10 Å². The van der Waals surface area contributed by atoms with Crippen molar-refractivity contribution in [1.82, 2.24) is 20.8 Å². The van der Waals surface area contributed by atoms with Gasteiger partial charge in [-0.3, -0.25) is 14.7 Å². The summed E-state index contributed by atoms with van der Waals surface area (Å²) in [4.78, 5) is 24.2. The summed E-state index contributed by atoms with van der Waals surface area (Å²) < 4.78 is 0. The number of H-pyrrole nitrogens is 1. The number of aromatic nitrogens is 2. The molecule has 1 atom stereocenters. The van der Waals surface area contributed by atoms with Crippen LogP contribution in [0.3, 0.4) is 0 Å². The normalized spacial score (nSPS) is 18.1. The van der Waals surface area contributed by atoms with Crippen LogP contribution < -0.4 is 10.6 Å². The number of nitrogens with one attached hydrogen (secondary N) is 3. The Bertz CT molecular complexity index is 728. The zero-order valence-electron chi connectivity index (χ0n) is 12.4. The lowest BCUT2D eigenvalue weighted by atomic mass is 10.1. The standard InChI is InChI=1S/C16H17ClN4O2/c17-11-5-3-4-10(8-11)13-9-14(21-20-13)16(23)19-12-6-1-2-7-18-15(12)22/h3-5,8-9,12H,1-2,6-7H2,(H,18,22)(H,19,23)(H,20,21). The molecule has 0 radical (unpaired) electrons. The van der Waals surface area contributed by atoms with Gasteiger partial charge in [0.05, 0.1) is 5.69 Å². The van der Waals surface area contributed by atoms with Crippen LogP contribution >= 0.6 is 11.6 Å². The second-order valence-corrected chi connectivity index (χ2v) is 5.93. The molecule has 120 valence electrons. The highest BCUT2D eigenvalue weighted by molar-refractivity contribution is 6.30. The molecule has 3 N–H and O–H groups in total. The Morgan fingerprint density at radius 3 is 3.00 bits per heavy atom. The first kappa shape index (κ1) is 15.6. The van der Waals surface area contributed by atoms with E-state index in [4.69, 9.17) is 11.6 Å². The van der Waals surface area contributed by atoms with Crippen molar-refractivity contribution < 1.29 is 9.59 Å². The summed E-state index contributed by atoms with van der Waals surface area (Å²) in [6.45, 7) is 0.661. The van der Waals surface area contributed by atoms with Crippen molar-refractivity contribution in [2.24, 2.45) is 0 Å². The maximum atomic E-state index is 12.3. The van der Waals surface area contributed by atoms with E-state index in [1.54, 1.807) is 18.2 Å². The number of hydrogen-bond acceptors (Lipinski definition) is 3. The van der Waals surface area contributed by atoms with Crippen LogP contribution in [-0.4, -0.2) is 34.6 Å². The molecule has 7 heteroatoms. The Hall–Kier alpha value is -2.34. The lowest BCUT2D eigenvalue weighted by Crippen LogP contribution is -2.45. The SMILES string of the molecule is O=C(NC1CCCCNC1=O)c1cc(-c2cccc(Cl)c2)n[nH]1. The van der Waals surface area contributed by atoms with Gasteiger partial charge in [0.1, 0.15) is 11.7 Å². The quantitative estimate of drug-likeness (QED) is 0.804. The van der Waals surface area contributed by atoms with E-state index in [-0.39, 0.29) is 11.8 Å². The summed E-state index contributed by atoms with van der Waals surface area (Å²) in [6, 6.07) is 8.39. The summed E-state index contributed by atoms with van der Waals surface area (Å²) in [5, 5.41) is 13.0. The van der Waals surface area contributed by atoms with Crippen LogP contribution in [0.4, 0.5) is 0 Å². The zero-order valence-corrected chi connectivity index (χ0v) is 13.2. The number of amides is 2. The molecular weight excluding hydrogens is 316 g/mol. The molecular formula is C16H17ClN4O2. The lowest BCUT2D eigenvalue weighted by molar-refractivity contribution is -0.122. The highest BCUT2D eigenvalue weighted by Crippen LogP contribution is 2.21. The van der Waals surface area contributed by atoms with E-state index in [2.05, 4.69) is 20.8 Å². The fraction of sp³-hybridized carbons (Fsp3) is 0.312. The third-order valence-electron chi connectivity index (χ3n) is 3.78. The van der Waals surface area contributed by atoms with Crippen molar-refractivity contribution in [1.29, 1.82) is 0 Å². The molecule has 0 saturated carbocycles. The number of aromatic amines is 1. The zero-order chi connectivity index (χ0) is 16.2. The molecule has 1 aromatic heterocycles. The third-order valence-corrected chi connectivity index (χ3v) is 4.02. The van der Waals surface area contributed by atoms with Crippen molar-refractivity contribution in [3.63, 3.8) is 0 Å². The second-order valence-electron chi connectivity index (χ2n) is 5.49. The average molecular weight is 333 g/mol. The van der Waals surface area contributed by atoms with Gasteiger partial charge in [-0.05, 0) is 37.5 Å². The predicted octanol–water partition coefficient (Wildman–Crippen LogP) is 2.13. The number of carbonyl (C=O) groups excluding carboxylic acids is 2. The monoisotopic (exact) mass is 332 g/mol. The van der Waals surface area contributed by atoms with Gasteiger partial charge in [-0.1, -0.05) is 23.7 Å². The lowest BCUT2D eigenvalue weighted by Gasteiger charge is -2.14. The topological polar surface area (TPSA) is 86.9 Å². The van der Waals surface area contributed by atoms with Gasteiger partial charge in [0.2, 0.25) is 5.91 Å². The minimum absolute atomic E-state index is 0.134. The van der Waals surface area contributed by atoms with Gasteiger partial charge in [0, 0.05) is 17.1 Å². The smallest absolute Gasteiger partial charge is 0.269 e. The Morgan fingerprint density at radius 2 is 2.17 bits per heavy atom. The molecule has 0 aliphatic carbocycles. The average Bonchev–Trinajstić information content (AvgIpc) is 2.95. The first-order valence-electron chi connectivity index (χ1n) is 7.53. The Morgan fingerprint density at radius 1 is 1.30 bits per heavy atom. The summed E-state index contributed by atoms with van der Waals surface area (Å²) in [7, 11) is 0. The molecule has 0 bridgehead atoms. The van der Waals surface area contributed by atoms with Crippen LogP contribution in [0.5, 0.6) is 0 Å². The van der Waals surface area contributed by atoms with Crippen molar-refractivity contribution in [2.75, 3.05) is 6.54 Å². The predicted molar refractivity (Wildman–Crippen MR) is 87.1 cm³/mol. The van der Waals surface area contributed by atoms with E-state index in [1.165, 1.54) is 0 Å². The Kier molecular flexibility index (Phi) is 4.62. The number of benzene rings is 1. The van der Waals surface area contributed by atoms with Crippen molar-refractivity contribution >= 4 is 23.4 Å².